The highest BCUT2D eigenvalue weighted by atomic mass is 16.6. The summed E-state index contributed by atoms with van der Waals surface area (Å²) < 4.78 is 34.6. The van der Waals surface area contributed by atoms with Gasteiger partial charge in [0.15, 0.2) is 0 Å². The number of likely N-dealkylation sites (tertiary alicyclic amines) is 2. The smallest absolute Gasteiger partial charge is 0.410 e. The lowest BCUT2D eigenvalue weighted by atomic mass is 9.85. The van der Waals surface area contributed by atoms with Crippen LogP contribution in [0.2, 0.25) is 0 Å². The summed E-state index contributed by atoms with van der Waals surface area (Å²) in [5.74, 6) is 1.65. The number of carbonyl (C=O) groups is 3. The standard InChI is InChI=1S/C50H72N4O9/c1-34-29-35(11-14-43(34)59-10)32-52-22-17-37(18-23-52)54-33-44(62-47(54)57)40-31-42(51-41-13-12-38(58-9)30-39(40)41)36-15-24-53(25-16-36)46(56)49(5,6)20-28-61-50(7,8)21-27-60-26-19-45(55)63-48(2,3)4/h11-14,29-31,36-37,44H,15-28,32-33H2,1-10H3/t44-/m0/s1. The maximum Gasteiger partial charge on any atom is 0.410 e. The number of aromatic nitrogens is 1. The van der Waals surface area contributed by atoms with Crippen molar-refractivity contribution in [2.24, 2.45) is 5.41 Å². The van der Waals surface area contributed by atoms with Crippen molar-refractivity contribution in [3.63, 3.8) is 0 Å². The molecule has 0 aliphatic carbocycles. The van der Waals surface area contributed by atoms with Crippen LogP contribution in [0.25, 0.3) is 10.9 Å². The van der Waals surface area contributed by atoms with Gasteiger partial charge in [-0.3, -0.25) is 19.5 Å². The lowest BCUT2D eigenvalue weighted by Gasteiger charge is -2.37. The van der Waals surface area contributed by atoms with Crippen LogP contribution in [-0.2, 0) is 35.1 Å². The highest BCUT2D eigenvalue weighted by molar-refractivity contribution is 5.85. The van der Waals surface area contributed by atoms with Crippen molar-refractivity contribution in [3.05, 3.63) is 64.8 Å². The number of benzene rings is 2. The van der Waals surface area contributed by atoms with Gasteiger partial charge in [-0.25, -0.2) is 4.79 Å². The second-order valence-corrected chi connectivity index (χ2v) is 19.9. The first-order valence-corrected chi connectivity index (χ1v) is 22.9. The number of hydrogen-bond acceptors (Lipinski definition) is 11. The van der Waals surface area contributed by atoms with Crippen molar-refractivity contribution < 1.29 is 42.8 Å². The summed E-state index contributed by atoms with van der Waals surface area (Å²) in [6.07, 6.45) is 4.14. The summed E-state index contributed by atoms with van der Waals surface area (Å²) in [5, 5.41) is 0.924. The molecule has 3 fully saturated rings. The number of pyridine rings is 1. The van der Waals surface area contributed by atoms with Gasteiger partial charge < -0.3 is 38.2 Å². The Bertz CT molecular complexity index is 2050. The van der Waals surface area contributed by atoms with Crippen molar-refractivity contribution in [2.75, 3.05) is 66.8 Å². The molecule has 1 atom stereocenters. The van der Waals surface area contributed by atoms with E-state index in [-0.39, 0.29) is 36.4 Å². The summed E-state index contributed by atoms with van der Waals surface area (Å²) in [6, 6.07) is 14.5. The molecule has 3 aromatic rings. The Morgan fingerprint density at radius 1 is 0.841 bits per heavy atom. The quantitative estimate of drug-likeness (QED) is 0.0899. The van der Waals surface area contributed by atoms with E-state index in [4.69, 9.17) is 33.4 Å². The minimum atomic E-state index is -0.592. The van der Waals surface area contributed by atoms with Crippen LogP contribution in [0.5, 0.6) is 11.5 Å². The molecule has 6 rings (SSSR count). The first-order valence-electron chi connectivity index (χ1n) is 22.9. The minimum Gasteiger partial charge on any atom is -0.497 e. The van der Waals surface area contributed by atoms with Crippen LogP contribution in [0, 0.1) is 12.3 Å². The van der Waals surface area contributed by atoms with Gasteiger partial charge in [-0.2, -0.15) is 0 Å². The molecule has 0 bridgehead atoms. The Morgan fingerprint density at radius 2 is 1.57 bits per heavy atom. The highest BCUT2D eigenvalue weighted by Crippen LogP contribution is 2.39. The monoisotopic (exact) mass is 873 g/mol. The molecule has 2 aromatic carbocycles. The van der Waals surface area contributed by atoms with E-state index in [1.807, 2.05) is 82.5 Å². The number of hydrogen-bond donors (Lipinski definition) is 0. The number of nitrogens with zero attached hydrogens (tertiary/aromatic N) is 4. The van der Waals surface area contributed by atoms with Gasteiger partial charge in [0, 0.05) is 80.0 Å². The van der Waals surface area contributed by atoms with E-state index in [9.17, 15) is 14.4 Å². The maximum absolute atomic E-state index is 13.9. The predicted molar refractivity (Wildman–Crippen MR) is 243 cm³/mol. The Balaban J connectivity index is 1.01. The molecule has 3 saturated heterocycles. The Hall–Kier alpha value is -4.46. The van der Waals surface area contributed by atoms with Crippen LogP contribution < -0.4 is 9.47 Å². The molecule has 3 aliphatic heterocycles. The summed E-state index contributed by atoms with van der Waals surface area (Å²) in [7, 11) is 3.36. The van der Waals surface area contributed by atoms with E-state index >= 15 is 0 Å². The number of carbonyl (C=O) groups excluding carboxylic acids is 3. The predicted octanol–water partition coefficient (Wildman–Crippen LogP) is 8.77. The van der Waals surface area contributed by atoms with Gasteiger partial charge in [-0.05, 0) is 122 Å². The third kappa shape index (κ3) is 12.8. The van der Waals surface area contributed by atoms with Crippen molar-refractivity contribution in [1.29, 1.82) is 0 Å². The Morgan fingerprint density at radius 3 is 2.24 bits per heavy atom. The Kier molecular flexibility index (Phi) is 15.7. The molecule has 346 valence electrons. The van der Waals surface area contributed by atoms with Crippen LogP contribution >= 0.6 is 0 Å². The first-order chi connectivity index (χ1) is 29.8. The molecule has 0 N–H and O–H groups in total. The first kappa shape index (κ1) is 48.0. The number of fused-ring (bicyclic) bond motifs is 1. The molecule has 4 heterocycles. The fourth-order valence-corrected chi connectivity index (χ4v) is 9.02. The lowest BCUT2D eigenvalue weighted by Crippen LogP contribution is -2.45. The molecule has 13 nitrogen and oxygen atoms in total. The van der Waals surface area contributed by atoms with Crippen LogP contribution in [0.4, 0.5) is 4.79 Å². The third-order valence-corrected chi connectivity index (χ3v) is 12.8. The minimum absolute atomic E-state index is 0.116. The zero-order valence-electron chi connectivity index (χ0n) is 39.6. The normalized spacial score (nSPS) is 18.5. The van der Waals surface area contributed by atoms with Gasteiger partial charge in [0.1, 0.15) is 23.2 Å². The average molecular weight is 873 g/mol. The summed E-state index contributed by atoms with van der Waals surface area (Å²) in [5.41, 5.74) is 3.62. The number of rotatable bonds is 18. The van der Waals surface area contributed by atoms with Crippen molar-refractivity contribution >= 4 is 28.9 Å². The maximum atomic E-state index is 13.9. The molecular formula is C50H72N4O9. The summed E-state index contributed by atoms with van der Waals surface area (Å²) >= 11 is 0. The van der Waals surface area contributed by atoms with Gasteiger partial charge in [0.05, 0.1) is 44.9 Å². The largest absolute Gasteiger partial charge is 0.497 e. The van der Waals surface area contributed by atoms with Crippen molar-refractivity contribution in [1.82, 2.24) is 19.7 Å². The topological polar surface area (TPSA) is 129 Å². The molecule has 63 heavy (non-hydrogen) atoms. The molecule has 3 aliphatic rings. The average Bonchev–Trinajstić information content (AvgIpc) is 3.63. The Labute approximate surface area is 375 Å². The fourth-order valence-electron chi connectivity index (χ4n) is 9.02. The fraction of sp³-hybridized carbons (Fsp3) is 0.640. The second kappa shape index (κ2) is 20.6. The number of ether oxygens (including phenoxy) is 6. The van der Waals surface area contributed by atoms with E-state index in [1.54, 1.807) is 14.2 Å². The molecular weight excluding hydrogens is 801 g/mol. The lowest BCUT2D eigenvalue weighted by molar-refractivity contribution is -0.156. The third-order valence-electron chi connectivity index (χ3n) is 12.8. The van der Waals surface area contributed by atoms with Gasteiger partial charge in [-0.1, -0.05) is 26.0 Å². The molecule has 0 spiro atoms. The van der Waals surface area contributed by atoms with Gasteiger partial charge >= 0.3 is 12.1 Å². The summed E-state index contributed by atoms with van der Waals surface area (Å²) in [4.78, 5) is 51.0. The summed E-state index contributed by atoms with van der Waals surface area (Å²) in [6.45, 7) is 21.3. The number of aryl methyl sites for hydroxylation is 1. The van der Waals surface area contributed by atoms with E-state index < -0.39 is 22.7 Å². The number of methoxy groups -OCH3 is 2. The van der Waals surface area contributed by atoms with Crippen LogP contribution in [0.3, 0.4) is 0 Å². The number of esters is 1. The number of piperidine rings is 2. The van der Waals surface area contributed by atoms with E-state index in [0.29, 0.717) is 52.3 Å². The SMILES string of the molecule is COc1ccc2nc(C3CCN(C(=O)C(C)(C)CCOC(C)(C)CCOCCC(=O)OC(C)(C)C)CC3)cc([C@@H]3CN(C4CCN(Cc5ccc(OC)c(C)c5)CC4)C(=O)O3)c2c1. The molecule has 0 saturated carbocycles. The van der Waals surface area contributed by atoms with Crippen LogP contribution in [-0.4, -0.2) is 122 Å². The van der Waals surface area contributed by atoms with Gasteiger partial charge in [-0.15, -0.1) is 0 Å². The number of amides is 2. The van der Waals surface area contributed by atoms with Gasteiger partial charge in [0.2, 0.25) is 5.91 Å². The van der Waals surface area contributed by atoms with Gasteiger partial charge in [0.25, 0.3) is 0 Å². The second-order valence-electron chi connectivity index (χ2n) is 19.9. The van der Waals surface area contributed by atoms with E-state index in [1.165, 1.54) is 5.56 Å². The highest BCUT2D eigenvalue weighted by Gasteiger charge is 2.40. The molecule has 0 radical (unpaired) electrons. The molecule has 13 heteroatoms. The van der Waals surface area contributed by atoms with E-state index in [2.05, 4.69) is 30.0 Å². The van der Waals surface area contributed by atoms with Crippen LogP contribution in [0.1, 0.15) is 128 Å². The van der Waals surface area contributed by atoms with Crippen molar-refractivity contribution in [2.45, 2.75) is 136 Å². The zero-order chi connectivity index (χ0) is 45.5. The number of cyclic esters (lactones) is 1. The molecule has 2 amide bonds. The molecule has 1 aromatic heterocycles. The zero-order valence-corrected chi connectivity index (χ0v) is 39.6. The van der Waals surface area contributed by atoms with E-state index in [0.717, 1.165) is 84.5 Å². The molecule has 0 unspecified atom stereocenters. The van der Waals surface area contributed by atoms with Crippen LogP contribution in [0.15, 0.2) is 42.5 Å². The van der Waals surface area contributed by atoms with Crippen molar-refractivity contribution in [3.8, 4) is 11.5 Å².